The molecule has 0 saturated carbocycles. The van der Waals surface area contributed by atoms with Gasteiger partial charge >= 0.3 is 5.97 Å². The number of carboxylic acid groups (broad SMARTS) is 1. The Kier molecular flexibility index (Phi) is 3.53. The molecule has 2 aromatic rings. The van der Waals surface area contributed by atoms with E-state index in [0.29, 0.717) is 0 Å². The van der Waals surface area contributed by atoms with E-state index in [1.165, 1.54) is 11.6 Å². The van der Waals surface area contributed by atoms with Crippen LogP contribution in [-0.2, 0) is 0 Å². The van der Waals surface area contributed by atoms with Gasteiger partial charge < -0.3 is 16.2 Å². The third-order valence-corrected chi connectivity index (χ3v) is 3.41. The van der Waals surface area contributed by atoms with E-state index in [0.717, 1.165) is 5.69 Å². The molecule has 2 rings (SSSR count). The maximum absolute atomic E-state index is 10.8. The Morgan fingerprint density at radius 2 is 2.22 bits per heavy atom. The van der Waals surface area contributed by atoms with E-state index >= 15 is 0 Å². The van der Waals surface area contributed by atoms with Gasteiger partial charge in [0.15, 0.2) is 0 Å². The standard InChI is InChI=1S/C13H14N2O2S/c1-8(9-4-5-18-7-9)15-10-2-3-11(13(16)17)12(14)6-10/h2-8,15H,14H2,1H3,(H,16,17). The minimum absolute atomic E-state index is 0.128. The summed E-state index contributed by atoms with van der Waals surface area (Å²) in [6.07, 6.45) is 0. The third-order valence-electron chi connectivity index (χ3n) is 2.71. The van der Waals surface area contributed by atoms with Crippen LogP contribution in [0.2, 0.25) is 0 Å². The highest BCUT2D eigenvalue weighted by Gasteiger charge is 2.10. The van der Waals surface area contributed by atoms with Gasteiger partial charge in [0.1, 0.15) is 0 Å². The van der Waals surface area contributed by atoms with Crippen LogP contribution in [0.4, 0.5) is 11.4 Å². The molecular formula is C13H14N2O2S. The maximum atomic E-state index is 10.8. The van der Waals surface area contributed by atoms with Crippen LogP contribution in [0.15, 0.2) is 35.0 Å². The Balaban J connectivity index is 2.15. The van der Waals surface area contributed by atoms with Crippen molar-refractivity contribution in [3.8, 4) is 0 Å². The number of rotatable bonds is 4. The summed E-state index contributed by atoms with van der Waals surface area (Å²) in [5, 5.41) is 16.3. The zero-order valence-corrected chi connectivity index (χ0v) is 10.7. The van der Waals surface area contributed by atoms with Crippen molar-refractivity contribution in [2.45, 2.75) is 13.0 Å². The van der Waals surface area contributed by atoms with Crippen LogP contribution in [0.5, 0.6) is 0 Å². The van der Waals surface area contributed by atoms with Crippen molar-refractivity contribution in [2.24, 2.45) is 0 Å². The molecule has 1 aromatic carbocycles. The number of benzene rings is 1. The Morgan fingerprint density at radius 3 is 2.78 bits per heavy atom. The second kappa shape index (κ2) is 5.10. The summed E-state index contributed by atoms with van der Waals surface area (Å²) in [5.74, 6) is -1.01. The fourth-order valence-corrected chi connectivity index (χ4v) is 2.46. The molecule has 0 amide bonds. The minimum atomic E-state index is -1.01. The third kappa shape index (κ3) is 2.62. The number of nitrogens with two attached hydrogens (primary N) is 1. The normalized spacial score (nSPS) is 12.1. The quantitative estimate of drug-likeness (QED) is 0.740. The van der Waals surface area contributed by atoms with E-state index in [9.17, 15) is 4.79 Å². The van der Waals surface area contributed by atoms with Gasteiger partial charge in [-0.1, -0.05) is 0 Å². The topological polar surface area (TPSA) is 75.3 Å². The van der Waals surface area contributed by atoms with E-state index in [2.05, 4.69) is 16.8 Å². The van der Waals surface area contributed by atoms with Crippen molar-refractivity contribution in [3.63, 3.8) is 0 Å². The number of carboxylic acids is 1. The second-order valence-electron chi connectivity index (χ2n) is 4.03. The van der Waals surface area contributed by atoms with Gasteiger partial charge in [0.05, 0.1) is 5.56 Å². The SMILES string of the molecule is CC(Nc1ccc(C(=O)O)c(N)c1)c1ccsc1. The highest BCUT2D eigenvalue weighted by atomic mass is 32.1. The molecule has 1 atom stereocenters. The molecule has 0 bridgehead atoms. The number of hydrogen-bond acceptors (Lipinski definition) is 4. The highest BCUT2D eigenvalue weighted by molar-refractivity contribution is 7.07. The zero-order valence-electron chi connectivity index (χ0n) is 9.88. The summed E-state index contributed by atoms with van der Waals surface area (Å²) in [7, 11) is 0. The summed E-state index contributed by atoms with van der Waals surface area (Å²) in [4.78, 5) is 10.8. The molecular weight excluding hydrogens is 248 g/mol. The predicted octanol–water partition coefficient (Wildman–Crippen LogP) is 3.20. The molecule has 4 N–H and O–H groups in total. The first kappa shape index (κ1) is 12.4. The van der Waals surface area contributed by atoms with E-state index in [-0.39, 0.29) is 17.3 Å². The van der Waals surface area contributed by atoms with Gasteiger partial charge in [-0.3, -0.25) is 0 Å². The molecule has 0 aliphatic carbocycles. The first-order valence-corrected chi connectivity index (χ1v) is 6.43. The highest BCUT2D eigenvalue weighted by Crippen LogP contribution is 2.24. The summed E-state index contributed by atoms with van der Waals surface area (Å²) >= 11 is 1.65. The van der Waals surface area contributed by atoms with Gasteiger partial charge in [-0.05, 0) is 47.5 Å². The molecule has 0 aliphatic rings. The lowest BCUT2D eigenvalue weighted by Crippen LogP contribution is -2.07. The minimum Gasteiger partial charge on any atom is -0.478 e. The number of nitrogens with one attached hydrogen (secondary N) is 1. The molecule has 0 aliphatic heterocycles. The van der Waals surface area contributed by atoms with Gasteiger partial charge in [0, 0.05) is 17.4 Å². The van der Waals surface area contributed by atoms with E-state index in [4.69, 9.17) is 10.8 Å². The number of anilines is 2. The predicted molar refractivity (Wildman–Crippen MR) is 74.2 cm³/mol. The average molecular weight is 262 g/mol. The van der Waals surface area contributed by atoms with E-state index in [1.807, 2.05) is 12.3 Å². The number of hydrogen-bond donors (Lipinski definition) is 3. The van der Waals surface area contributed by atoms with Crippen molar-refractivity contribution in [1.82, 2.24) is 0 Å². The first-order valence-electron chi connectivity index (χ1n) is 5.49. The molecule has 0 saturated heterocycles. The van der Waals surface area contributed by atoms with Gasteiger partial charge in [-0.25, -0.2) is 4.79 Å². The van der Waals surface area contributed by atoms with Crippen LogP contribution in [0.3, 0.4) is 0 Å². The Hall–Kier alpha value is -2.01. The van der Waals surface area contributed by atoms with Crippen LogP contribution < -0.4 is 11.1 Å². The smallest absolute Gasteiger partial charge is 0.337 e. The van der Waals surface area contributed by atoms with Crippen molar-refractivity contribution in [3.05, 3.63) is 46.2 Å². The van der Waals surface area contributed by atoms with Gasteiger partial charge in [0.25, 0.3) is 0 Å². The Bertz CT molecular complexity index is 552. The average Bonchev–Trinajstić information content (AvgIpc) is 2.81. The number of thiophene rings is 1. The fourth-order valence-electron chi connectivity index (χ4n) is 1.70. The van der Waals surface area contributed by atoms with Crippen LogP contribution >= 0.6 is 11.3 Å². The molecule has 94 valence electrons. The molecule has 18 heavy (non-hydrogen) atoms. The van der Waals surface area contributed by atoms with Gasteiger partial charge in [0.2, 0.25) is 0 Å². The fraction of sp³-hybridized carbons (Fsp3) is 0.154. The Labute approximate surface area is 109 Å². The van der Waals surface area contributed by atoms with Crippen molar-refractivity contribution < 1.29 is 9.90 Å². The first-order chi connectivity index (χ1) is 8.58. The van der Waals surface area contributed by atoms with Crippen molar-refractivity contribution >= 4 is 28.7 Å². The molecule has 1 aromatic heterocycles. The van der Waals surface area contributed by atoms with Crippen LogP contribution in [0.1, 0.15) is 28.9 Å². The summed E-state index contributed by atoms with van der Waals surface area (Å²) in [6.45, 7) is 2.04. The largest absolute Gasteiger partial charge is 0.478 e. The van der Waals surface area contributed by atoms with Crippen molar-refractivity contribution in [1.29, 1.82) is 0 Å². The maximum Gasteiger partial charge on any atom is 0.337 e. The summed E-state index contributed by atoms with van der Waals surface area (Å²) in [5.41, 5.74) is 8.11. The van der Waals surface area contributed by atoms with Crippen LogP contribution in [0.25, 0.3) is 0 Å². The molecule has 0 spiro atoms. The molecule has 5 heteroatoms. The molecule has 4 nitrogen and oxygen atoms in total. The lowest BCUT2D eigenvalue weighted by Gasteiger charge is -2.15. The van der Waals surface area contributed by atoms with Crippen LogP contribution in [-0.4, -0.2) is 11.1 Å². The summed E-state index contributed by atoms with van der Waals surface area (Å²) < 4.78 is 0. The second-order valence-corrected chi connectivity index (χ2v) is 4.81. The van der Waals surface area contributed by atoms with E-state index in [1.54, 1.807) is 23.5 Å². The van der Waals surface area contributed by atoms with Crippen LogP contribution in [0, 0.1) is 0 Å². The van der Waals surface area contributed by atoms with E-state index < -0.39 is 5.97 Å². The van der Waals surface area contributed by atoms with Gasteiger partial charge in [-0.2, -0.15) is 11.3 Å². The lowest BCUT2D eigenvalue weighted by molar-refractivity contribution is 0.0698. The number of aromatic carboxylic acids is 1. The van der Waals surface area contributed by atoms with Crippen molar-refractivity contribution in [2.75, 3.05) is 11.1 Å². The monoisotopic (exact) mass is 262 g/mol. The Morgan fingerprint density at radius 1 is 1.44 bits per heavy atom. The molecule has 1 heterocycles. The zero-order chi connectivity index (χ0) is 13.1. The molecule has 1 unspecified atom stereocenters. The number of carbonyl (C=O) groups is 1. The number of nitrogen functional groups attached to an aromatic ring is 1. The molecule has 0 fully saturated rings. The molecule has 0 radical (unpaired) electrons. The van der Waals surface area contributed by atoms with Gasteiger partial charge in [-0.15, -0.1) is 0 Å². The summed E-state index contributed by atoms with van der Waals surface area (Å²) in [6, 6.07) is 7.10. The lowest BCUT2D eigenvalue weighted by atomic mass is 10.1.